The lowest BCUT2D eigenvalue weighted by Gasteiger charge is -2.07. The van der Waals surface area contributed by atoms with E-state index < -0.39 is 22.7 Å². The van der Waals surface area contributed by atoms with Gasteiger partial charge in [-0.1, -0.05) is 30.3 Å². The van der Waals surface area contributed by atoms with Crippen LogP contribution in [0.4, 0.5) is 13.2 Å². The molecule has 1 N–H and O–H groups in total. The van der Waals surface area contributed by atoms with Crippen molar-refractivity contribution in [3.8, 4) is 11.5 Å². The Morgan fingerprint density at radius 3 is 2.11 bits per heavy atom. The Labute approximate surface area is 162 Å². The molecule has 1 heterocycles. The maximum Gasteiger partial charge on any atom is 0.455 e. The number of thiophene rings is 1. The molecule has 0 aliphatic rings. The average Bonchev–Trinajstić information content (AvgIpc) is 3.17. The molecule has 0 spiro atoms. The molecule has 0 aliphatic heterocycles. The van der Waals surface area contributed by atoms with Gasteiger partial charge in [-0.3, -0.25) is 9.59 Å². The molecule has 0 saturated carbocycles. The van der Waals surface area contributed by atoms with Gasteiger partial charge in [-0.15, -0.1) is 11.3 Å². The van der Waals surface area contributed by atoms with Crippen molar-refractivity contribution >= 4 is 23.0 Å². The Kier molecular flexibility index (Phi) is 5.79. The van der Waals surface area contributed by atoms with E-state index >= 15 is 0 Å². The van der Waals surface area contributed by atoms with Crippen LogP contribution in [-0.4, -0.2) is 17.9 Å². The first-order valence-electron chi connectivity index (χ1n) is 8.14. The minimum atomic E-state index is -4.96. The van der Waals surface area contributed by atoms with Crippen LogP contribution in [0.15, 0.2) is 66.7 Å². The van der Waals surface area contributed by atoms with Crippen LogP contribution in [-0.2, 0) is 6.54 Å². The van der Waals surface area contributed by atoms with E-state index in [0.29, 0.717) is 22.8 Å². The summed E-state index contributed by atoms with van der Waals surface area (Å²) >= 11 is 0.513. The number of ketones is 1. The van der Waals surface area contributed by atoms with Gasteiger partial charge in [-0.2, -0.15) is 13.2 Å². The molecular formula is C20H14F3NO3S. The molecule has 0 bridgehead atoms. The predicted molar refractivity (Wildman–Crippen MR) is 98.8 cm³/mol. The minimum Gasteiger partial charge on any atom is -0.457 e. The van der Waals surface area contributed by atoms with E-state index in [1.807, 2.05) is 30.3 Å². The van der Waals surface area contributed by atoms with E-state index in [-0.39, 0.29) is 11.4 Å². The minimum absolute atomic E-state index is 0.0385. The van der Waals surface area contributed by atoms with Crippen LogP contribution in [0.5, 0.6) is 11.5 Å². The van der Waals surface area contributed by atoms with Crippen LogP contribution >= 0.6 is 11.3 Å². The summed E-state index contributed by atoms with van der Waals surface area (Å²) in [6.45, 7) is 0.185. The molecule has 0 atom stereocenters. The lowest BCUT2D eigenvalue weighted by molar-refractivity contribution is -0.0882. The largest absolute Gasteiger partial charge is 0.457 e. The van der Waals surface area contributed by atoms with Crippen molar-refractivity contribution < 1.29 is 27.5 Å². The Balaban J connectivity index is 1.56. The van der Waals surface area contributed by atoms with E-state index in [1.165, 1.54) is 6.07 Å². The Hall–Kier alpha value is -3.13. The Morgan fingerprint density at radius 1 is 0.857 bits per heavy atom. The Morgan fingerprint density at radius 2 is 1.46 bits per heavy atom. The first-order chi connectivity index (χ1) is 13.3. The number of carbonyl (C=O) groups excluding carboxylic acids is 2. The number of amides is 1. The fourth-order valence-electron chi connectivity index (χ4n) is 2.29. The van der Waals surface area contributed by atoms with Gasteiger partial charge < -0.3 is 10.1 Å². The first-order valence-corrected chi connectivity index (χ1v) is 8.96. The second-order valence-electron chi connectivity index (χ2n) is 5.73. The number of nitrogens with one attached hydrogen (secondary N) is 1. The number of rotatable bonds is 6. The van der Waals surface area contributed by atoms with Crippen LogP contribution < -0.4 is 10.1 Å². The fourth-order valence-corrected chi connectivity index (χ4v) is 3.17. The van der Waals surface area contributed by atoms with Crippen LogP contribution in [0.25, 0.3) is 0 Å². The van der Waals surface area contributed by atoms with Gasteiger partial charge in [0.25, 0.3) is 11.7 Å². The highest BCUT2D eigenvalue weighted by atomic mass is 32.1. The number of hydrogen-bond acceptors (Lipinski definition) is 4. The standard InChI is InChI=1S/C20H14F3NO3S/c21-20(22,23)18(25)16-10-11-17(28-16)19(26)24-12-13-6-8-15(9-7-13)27-14-4-2-1-3-5-14/h1-11H,12H2,(H,24,26). The molecule has 28 heavy (non-hydrogen) atoms. The topological polar surface area (TPSA) is 55.4 Å². The number of carbonyl (C=O) groups is 2. The molecule has 8 heteroatoms. The molecule has 144 valence electrons. The molecule has 0 unspecified atom stereocenters. The first kappa shape index (κ1) is 19.6. The van der Waals surface area contributed by atoms with Gasteiger partial charge in [-0.25, -0.2) is 0 Å². The second kappa shape index (κ2) is 8.26. The third-order valence-corrected chi connectivity index (χ3v) is 4.75. The molecule has 0 saturated heterocycles. The summed E-state index contributed by atoms with van der Waals surface area (Å²) in [6.07, 6.45) is -4.96. The van der Waals surface area contributed by atoms with Crippen molar-refractivity contribution in [2.45, 2.75) is 12.7 Å². The number of alkyl halides is 3. The van der Waals surface area contributed by atoms with Gasteiger partial charge in [-0.05, 0) is 42.0 Å². The molecule has 1 aromatic heterocycles. The number of para-hydroxylation sites is 1. The number of hydrogen-bond donors (Lipinski definition) is 1. The second-order valence-corrected chi connectivity index (χ2v) is 6.82. The average molecular weight is 405 g/mol. The summed E-state index contributed by atoms with van der Waals surface area (Å²) in [6, 6.07) is 18.5. The van der Waals surface area contributed by atoms with Crippen molar-refractivity contribution in [1.82, 2.24) is 5.32 Å². The smallest absolute Gasteiger partial charge is 0.455 e. The molecule has 3 aromatic rings. The van der Waals surface area contributed by atoms with Crippen LogP contribution in [0.3, 0.4) is 0 Å². The SMILES string of the molecule is O=C(NCc1ccc(Oc2ccccc2)cc1)c1ccc(C(=O)C(F)(F)F)s1. The highest BCUT2D eigenvalue weighted by Crippen LogP contribution is 2.26. The molecular weight excluding hydrogens is 391 g/mol. The quantitative estimate of drug-likeness (QED) is 0.573. The summed E-state index contributed by atoms with van der Waals surface area (Å²) < 4.78 is 43.0. The highest BCUT2D eigenvalue weighted by molar-refractivity contribution is 7.16. The predicted octanol–water partition coefficient (Wildman–Crippen LogP) is 5.22. The van der Waals surface area contributed by atoms with E-state index in [4.69, 9.17) is 4.74 Å². The van der Waals surface area contributed by atoms with Gasteiger partial charge in [0.1, 0.15) is 11.5 Å². The normalized spacial score (nSPS) is 11.1. The van der Waals surface area contributed by atoms with E-state index in [1.54, 1.807) is 24.3 Å². The number of halogens is 3. The summed E-state index contributed by atoms with van der Waals surface area (Å²) in [7, 11) is 0. The summed E-state index contributed by atoms with van der Waals surface area (Å²) in [5, 5.41) is 2.61. The third kappa shape index (κ3) is 4.98. The van der Waals surface area contributed by atoms with Crippen molar-refractivity contribution in [3.05, 3.63) is 82.0 Å². The lowest BCUT2D eigenvalue weighted by Crippen LogP contribution is -2.22. The molecule has 0 aliphatic carbocycles. The van der Waals surface area contributed by atoms with Crippen molar-refractivity contribution in [3.63, 3.8) is 0 Å². The van der Waals surface area contributed by atoms with Gasteiger partial charge in [0.2, 0.25) is 0 Å². The van der Waals surface area contributed by atoms with E-state index in [0.717, 1.165) is 11.6 Å². The molecule has 4 nitrogen and oxygen atoms in total. The van der Waals surface area contributed by atoms with Gasteiger partial charge >= 0.3 is 6.18 Å². The maximum absolute atomic E-state index is 12.4. The molecule has 1 amide bonds. The van der Waals surface area contributed by atoms with Crippen molar-refractivity contribution in [1.29, 1.82) is 0 Å². The monoisotopic (exact) mass is 405 g/mol. The van der Waals surface area contributed by atoms with Crippen LogP contribution in [0.1, 0.15) is 24.9 Å². The van der Waals surface area contributed by atoms with Crippen molar-refractivity contribution in [2.24, 2.45) is 0 Å². The van der Waals surface area contributed by atoms with Gasteiger partial charge in [0, 0.05) is 6.54 Å². The Bertz CT molecular complexity index is 966. The van der Waals surface area contributed by atoms with E-state index in [9.17, 15) is 22.8 Å². The zero-order chi connectivity index (χ0) is 20.1. The van der Waals surface area contributed by atoms with Gasteiger partial charge in [0.15, 0.2) is 0 Å². The van der Waals surface area contributed by atoms with Gasteiger partial charge in [0.05, 0.1) is 9.75 Å². The molecule has 2 aromatic carbocycles. The fraction of sp³-hybridized carbons (Fsp3) is 0.100. The maximum atomic E-state index is 12.4. The zero-order valence-electron chi connectivity index (χ0n) is 14.3. The van der Waals surface area contributed by atoms with Crippen LogP contribution in [0.2, 0.25) is 0 Å². The summed E-state index contributed by atoms with van der Waals surface area (Å²) in [5.41, 5.74) is 0.789. The van der Waals surface area contributed by atoms with Crippen molar-refractivity contribution in [2.75, 3.05) is 0 Å². The summed E-state index contributed by atoms with van der Waals surface area (Å²) in [5.74, 6) is -1.17. The number of ether oxygens (including phenoxy) is 1. The number of benzene rings is 2. The third-order valence-electron chi connectivity index (χ3n) is 3.67. The molecule has 0 fully saturated rings. The molecule has 3 rings (SSSR count). The zero-order valence-corrected chi connectivity index (χ0v) is 15.1. The van der Waals surface area contributed by atoms with E-state index in [2.05, 4.69) is 5.32 Å². The lowest BCUT2D eigenvalue weighted by atomic mass is 10.2. The number of Topliss-reactive ketones (excluding diaryl/α,β-unsaturated/α-hetero) is 1. The molecule has 0 radical (unpaired) electrons. The summed E-state index contributed by atoms with van der Waals surface area (Å²) in [4.78, 5) is 22.8. The highest BCUT2D eigenvalue weighted by Gasteiger charge is 2.40. The van der Waals surface area contributed by atoms with Crippen LogP contribution in [0, 0.1) is 0 Å².